The van der Waals surface area contributed by atoms with E-state index in [9.17, 15) is 0 Å². The number of aryl methyl sites for hydroxylation is 2. The van der Waals surface area contributed by atoms with Gasteiger partial charge >= 0.3 is 0 Å². The molecule has 4 aromatic rings. The van der Waals surface area contributed by atoms with E-state index in [0.29, 0.717) is 0 Å². The first-order chi connectivity index (χ1) is 14.6. The van der Waals surface area contributed by atoms with Gasteiger partial charge in [-0.1, -0.05) is 30.4 Å². The van der Waals surface area contributed by atoms with Crippen LogP contribution in [0.4, 0.5) is 0 Å². The maximum Gasteiger partial charge on any atom is 0.157 e. The number of benzene rings is 2. The maximum absolute atomic E-state index is 6.16. The third-order valence-corrected chi connectivity index (χ3v) is 6.72. The highest BCUT2D eigenvalue weighted by molar-refractivity contribution is 7.80. The van der Waals surface area contributed by atoms with Crippen molar-refractivity contribution < 1.29 is 0 Å². The Labute approximate surface area is 194 Å². The van der Waals surface area contributed by atoms with E-state index in [1.165, 1.54) is 10.9 Å². The number of nitrogens with two attached hydrogens (primary N) is 1. The Morgan fingerprint density at radius 1 is 1.16 bits per heavy atom. The molecule has 2 aromatic heterocycles. The van der Waals surface area contributed by atoms with Gasteiger partial charge < -0.3 is 19.8 Å². The van der Waals surface area contributed by atoms with Crippen LogP contribution < -0.4 is 5.73 Å². The number of imidazole rings is 1. The van der Waals surface area contributed by atoms with Crippen LogP contribution >= 0.6 is 24.6 Å². The molecule has 31 heavy (non-hydrogen) atoms. The van der Waals surface area contributed by atoms with Crippen molar-refractivity contribution in [3.63, 3.8) is 0 Å². The van der Waals surface area contributed by atoms with Gasteiger partial charge in [-0.15, -0.1) is 12.4 Å². The predicted octanol–water partition coefficient (Wildman–Crippen LogP) is 4.74. The van der Waals surface area contributed by atoms with Crippen LogP contribution in [0.3, 0.4) is 0 Å². The largest absolute Gasteiger partial charge is 0.361 e. The standard InChI is InChI=1S/C24H27N5S.ClH/c1-3-29-20-9-5-4-7-16(20)14-22(29)23-26-19-13-17(10-11-21(19)27(23)2)24(30)28-12-6-8-18(25)15-28;/h4-5,7,9-11,13-14,18H,3,6,8,12,15,25H2,1-2H3;1H. The lowest BCUT2D eigenvalue weighted by Gasteiger charge is -2.32. The molecule has 0 saturated carbocycles. The van der Waals surface area contributed by atoms with Crippen LogP contribution in [-0.2, 0) is 13.6 Å². The Morgan fingerprint density at radius 3 is 2.74 bits per heavy atom. The lowest BCUT2D eigenvalue weighted by Crippen LogP contribution is -2.45. The van der Waals surface area contributed by atoms with E-state index in [1.807, 2.05) is 0 Å². The van der Waals surface area contributed by atoms with Crippen LogP contribution in [0.1, 0.15) is 25.3 Å². The van der Waals surface area contributed by atoms with Gasteiger partial charge in [-0.2, -0.15) is 0 Å². The third-order valence-electron chi connectivity index (χ3n) is 6.23. The number of nitrogens with zero attached hydrogens (tertiary/aromatic N) is 4. The molecular weight excluding hydrogens is 426 g/mol. The molecule has 162 valence electrons. The zero-order valence-electron chi connectivity index (χ0n) is 17.9. The second-order valence-corrected chi connectivity index (χ2v) is 8.57. The van der Waals surface area contributed by atoms with E-state index in [1.54, 1.807) is 0 Å². The van der Waals surface area contributed by atoms with Crippen molar-refractivity contribution in [2.24, 2.45) is 12.8 Å². The number of para-hydroxylation sites is 1. The van der Waals surface area contributed by atoms with Gasteiger partial charge in [-0.3, -0.25) is 0 Å². The molecule has 0 amide bonds. The second kappa shape index (κ2) is 8.61. The van der Waals surface area contributed by atoms with Gasteiger partial charge in [-0.05, 0) is 50.1 Å². The summed E-state index contributed by atoms with van der Waals surface area (Å²) >= 11 is 5.80. The molecule has 0 aliphatic carbocycles. The van der Waals surface area contributed by atoms with E-state index >= 15 is 0 Å². The van der Waals surface area contributed by atoms with Gasteiger partial charge in [0.05, 0.1) is 16.7 Å². The van der Waals surface area contributed by atoms with Crippen molar-refractivity contribution >= 4 is 51.5 Å². The smallest absolute Gasteiger partial charge is 0.157 e. The fourth-order valence-corrected chi connectivity index (χ4v) is 4.97. The quantitative estimate of drug-likeness (QED) is 0.455. The minimum atomic E-state index is 0. The number of thiocarbonyl (C=S) groups is 1. The number of likely N-dealkylation sites (tertiary alicyclic amines) is 1. The SMILES string of the molecule is CCn1c(-c2nc3cc(C(=S)N4CCCC(N)C4)ccc3n2C)cc2ccccc21.Cl. The summed E-state index contributed by atoms with van der Waals surface area (Å²) in [4.78, 5) is 8.15. The van der Waals surface area contributed by atoms with Crippen molar-refractivity contribution in [2.45, 2.75) is 32.4 Å². The van der Waals surface area contributed by atoms with Crippen LogP contribution in [0.2, 0.25) is 0 Å². The Hall–Kier alpha value is -2.41. The second-order valence-electron chi connectivity index (χ2n) is 8.18. The molecule has 0 spiro atoms. The number of aromatic nitrogens is 3. The highest BCUT2D eigenvalue weighted by atomic mass is 35.5. The topological polar surface area (TPSA) is 52.0 Å². The highest BCUT2D eigenvalue weighted by Gasteiger charge is 2.21. The fourth-order valence-electron chi connectivity index (χ4n) is 4.68. The van der Waals surface area contributed by atoms with Gasteiger partial charge in [0.15, 0.2) is 5.82 Å². The van der Waals surface area contributed by atoms with Crippen molar-refractivity contribution in [1.29, 1.82) is 0 Å². The van der Waals surface area contributed by atoms with Crippen molar-refractivity contribution in [3.05, 3.63) is 54.1 Å². The van der Waals surface area contributed by atoms with Gasteiger partial charge in [0.1, 0.15) is 4.99 Å². The van der Waals surface area contributed by atoms with Crippen LogP contribution in [0.5, 0.6) is 0 Å². The summed E-state index contributed by atoms with van der Waals surface area (Å²) in [5.74, 6) is 0.978. The molecule has 0 bridgehead atoms. The molecule has 5 rings (SSSR count). The van der Waals surface area contributed by atoms with E-state index in [2.05, 4.69) is 76.5 Å². The third kappa shape index (κ3) is 3.73. The summed E-state index contributed by atoms with van der Waals surface area (Å²) in [6.07, 6.45) is 2.17. The summed E-state index contributed by atoms with van der Waals surface area (Å²) in [7, 11) is 2.09. The Morgan fingerprint density at radius 2 is 1.97 bits per heavy atom. The van der Waals surface area contributed by atoms with Gasteiger partial charge in [0.2, 0.25) is 0 Å². The van der Waals surface area contributed by atoms with Crippen molar-refractivity contribution in [3.8, 4) is 11.5 Å². The molecule has 5 nitrogen and oxygen atoms in total. The first-order valence-corrected chi connectivity index (χ1v) is 11.1. The maximum atomic E-state index is 6.16. The molecule has 1 aliphatic heterocycles. The molecule has 0 radical (unpaired) electrons. The van der Waals surface area contributed by atoms with Gasteiger partial charge in [0, 0.05) is 49.2 Å². The first-order valence-electron chi connectivity index (χ1n) is 10.7. The Balaban J connectivity index is 0.00000231. The predicted molar refractivity (Wildman–Crippen MR) is 135 cm³/mol. The van der Waals surface area contributed by atoms with Crippen LogP contribution in [-0.4, -0.2) is 43.1 Å². The summed E-state index contributed by atoms with van der Waals surface area (Å²) in [6.45, 7) is 4.89. The number of hydrogen-bond acceptors (Lipinski definition) is 3. The van der Waals surface area contributed by atoms with Crippen LogP contribution in [0, 0.1) is 0 Å². The van der Waals surface area contributed by atoms with E-state index < -0.39 is 0 Å². The summed E-state index contributed by atoms with van der Waals surface area (Å²) in [5.41, 5.74) is 11.7. The van der Waals surface area contributed by atoms with E-state index in [4.69, 9.17) is 22.9 Å². The number of hydrogen-bond donors (Lipinski definition) is 1. The number of halogens is 1. The monoisotopic (exact) mass is 453 g/mol. The lowest BCUT2D eigenvalue weighted by molar-refractivity contribution is 0.314. The highest BCUT2D eigenvalue weighted by Crippen LogP contribution is 2.30. The van der Waals surface area contributed by atoms with Gasteiger partial charge in [0.25, 0.3) is 0 Å². The number of piperidine rings is 1. The number of fused-ring (bicyclic) bond motifs is 2. The molecule has 2 aromatic carbocycles. The van der Waals surface area contributed by atoms with Crippen LogP contribution in [0.25, 0.3) is 33.5 Å². The van der Waals surface area contributed by atoms with Crippen molar-refractivity contribution in [1.82, 2.24) is 19.0 Å². The summed E-state index contributed by atoms with van der Waals surface area (Å²) < 4.78 is 4.51. The minimum absolute atomic E-state index is 0. The minimum Gasteiger partial charge on any atom is -0.361 e. The molecular formula is C24H28ClN5S. The number of rotatable bonds is 3. The molecule has 3 heterocycles. The Kier molecular flexibility index (Phi) is 6.06. The van der Waals surface area contributed by atoms with E-state index in [-0.39, 0.29) is 18.4 Å². The lowest BCUT2D eigenvalue weighted by atomic mass is 10.1. The molecule has 7 heteroatoms. The molecule has 1 saturated heterocycles. The zero-order chi connectivity index (χ0) is 20.8. The first kappa shape index (κ1) is 21.8. The van der Waals surface area contributed by atoms with Crippen LogP contribution in [0.15, 0.2) is 48.5 Å². The Bertz CT molecular complexity index is 1260. The molecule has 1 aliphatic rings. The average Bonchev–Trinajstić information content (AvgIpc) is 3.30. The van der Waals surface area contributed by atoms with Gasteiger partial charge in [-0.25, -0.2) is 4.98 Å². The van der Waals surface area contributed by atoms with Crippen molar-refractivity contribution in [2.75, 3.05) is 13.1 Å². The summed E-state index contributed by atoms with van der Waals surface area (Å²) in [6, 6.07) is 17.3. The molecule has 1 atom stereocenters. The fraction of sp³-hybridized carbons (Fsp3) is 0.333. The van der Waals surface area contributed by atoms with E-state index in [0.717, 1.165) is 65.6 Å². The molecule has 1 fully saturated rings. The zero-order valence-corrected chi connectivity index (χ0v) is 19.5. The molecule has 1 unspecified atom stereocenters. The average molecular weight is 454 g/mol. The normalized spacial score (nSPS) is 16.6. The summed E-state index contributed by atoms with van der Waals surface area (Å²) in [5, 5.41) is 1.24. The molecule has 2 N–H and O–H groups in total.